The molecule has 0 aliphatic carbocycles. The lowest BCUT2D eigenvalue weighted by molar-refractivity contribution is -0.123. The van der Waals surface area contributed by atoms with E-state index in [0.29, 0.717) is 11.6 Å². The molecule has 6 nitrogen and oxygen atoms in total. The molecule has 3 aromatic rings. The molecule has 0 aliphatic heterocycles. The van der Waals surface area contributed by atoms with Crippen molar-refractivity contribution in [2.24, 2.45) is 7.05 Å². The summed E-state index contributed by atoms with van der Waals surface area (Å²) in [4.78, 5) is 16.8. The van der Waals surface area contributed by atoms with E-state index in [9.17, 15) is 9.18 Å². The number of ether oxygens (including phenoxy) is 2. The van der Waals surface area contributed by atoms with Crippen molar-refractivity contribution in [2.75, 3.05) is 13.7 Å². The fourth-order valence-electron chi connectivity index (χ4n) is 2.66. The minimum atomic E-state index is -0.459. The van der Waals surface area contributed by atoms with Crippen LogP contribution in [-0.2, 0) is 11.8 Å². The molecule has 0 bridgehead atoms. The van der Waals surface area contributed by atoms with Gasteiger partial charge in [0.05, 0.1) is 7.11 Å². The average Bonchev–Trinajstić information content (AvgIpc) is 3.10. The van der Waals surface area contributed by atoms with Crippen LogP contribution in [0.15, 0.2) is 60.9 Å². The number of nitrogens with zero attached hydrogens (tertiary/aromatic N) is 2. The number of hydrogen-bond acceptors (Lipinski definition) is 4. The monoisotopic (exact) mass is 369 g/mol. The van der Waals surface area contributed by atoms with E-state index in [1.807, 2.05) is 35.9 Å². The number of halogens is 1. The third-order valence-corrected chi connectivity index (χ3v) is 4.04. The molecule has 27 heavy (non-hydrogen) atoms. The van der Waals surface area contributed by atoms with Gasteiger partial charge >= 0.3 is 0 Å². The molecule has 1 unspecified atom stereocenters. The van der Waals surface area contributed by atoms with E-state index in [4.69, 9.17) is 9.47 Å². The largest absolute Gasteiger partial charge is 0.497 e. The first kappa shape index (κ1) is 18.4. The second kappa shape index (κ2) is 8.35. The van der Waals surface area contributed by atoms with Crippen LogP contribution in [0.2, 0.25) is 0 Å². The van der Waals surface area contributed by atoms with Gasteiger partial charge < -0.3 is 19.4 Å². The van der Waals surface area contributed by atoms with Crippen LogP contribution in [-0.4, -0.2) is 29.2 Å². The van der Waals surface area contributed by atoms with Gasteiger partial charge in [0.15, 0.2) is 6.61 Å². The number of rotatable bonds is 7. The summed E-state index contributed by atoms with van der Waals surface area (Å²) in [7, 11) is 3.45. The Kier molecular flexibility index (Phi) is 5.71. The van der Waals surface area contributed by atoms with E-state index in [1.54, 1.807) is 25.6 Å². The number of hydrogen-bond donors (Lipinski definition) is 1. The summed E-state index contributed by atoms with van der Waals surface area (Å²) < 4.78 is 25.6. The smallest absolute Gasteiger partial charge is 0.258 e. The van der Waals surface area contributed by atoms with Crippen LogP contribution in [0.5, 0.6) is 11.5 Å². The Morgan fingerprint density at radius 1 is 1.22 bits per heavy atom. The number of aromatic nitrogens is 2. The van der Waals surface area contributed by atoms with Gasteiger partial charge in [0.2, 0.25) is 0 Å². The van der Waals surface area contributed by atoms with Gasteiger partial charge in [-0.25, -0.2) is 9.37 Å². The highest BCUT2D eigenvalue weighted by atomic mass is 19.1. The van der Waals surface area contributed by atoms with Crippen molar-refractivity contribution < 1.29 is 18.7 Å². The molecule has 7 heteroatoms. The zero-order valence-corrected chi connectivity index (χ0v) is 15.1. The topological polar surface area (TPSA) is 65.4 Å². The number of benzene rings is 2. The lowest BCUT2D eigenvalue weighted by Crippen LogP contribution is -2.34. The van der Waals surface area contributed by atoms with E-state index >= 15 is 0 Å². The SMILES string of the molecule is COc1ccc(C(NC(=O)COc2cccc(F)c2)c2nccn2C)cc1. The van der Waals surface area contributed by atoms with Crippen molar-refractivity contribution in [3.8, 4) is 11.5 Å². The lowest BCUT2D eigenvalue weighted by Gasteiger charge is -2.19. The van der Waals surface area contributed by atoms with Gasteiger partial charge in [0.25, 0.3) is 5.91 Å². The molecular formula is C20H20FN3O3. The number of aryl methyl sites for hydroxylation is 1. The fraction of sp³-hybridized carbons (Fsp3) is 0.200. The summed E-state index contributed by atoms with van der Waals surface area (Å²) in [5.41, 5.74) is 0.851. The Hall–Kier alpha value is -3.35. The first-order chi connectivity index (χ1) is 13.1. The maximum absolute atomic E-state index is 13.2. The van der Waals surface area contributed by atoms with Crippen molar-refractivity contribution >= 4 is 5.91 Å². The third-order valence-electron chi connectivity index (χ3n) is 4.04. The zero-order chi connectivity index (χ0) is 19.2. The molecule has 0 spiro atoms. The Bertz CT molecular complexity index is 909. The number of nitrogens with one attached hydrogen (secondary N) is 1. The number of carbonyl (C=O) groups is 1. The lowest BCUT2D eigenvalue weighted by atomic mass is 10.1. The second-order valence-corrected chi connectivity index (χ2v) is 5.92. The highest BCUT2D eigenvalue weighted by Crippen LogP contribution is 2.23. The van der Waals surface area contributed by atoms with Crippen LogP contribution in [0.1, 0.15) is 17.4 Å². The Morgan fingerprint density at radius 2 is 2.00 bits per heavy atom. The van der Waals surface area contributed by atoms with Crippen molar-refractivity contribution in [1.29, 1.82) is 0 Å². The van der Waals surface area contributed by atoms with Crippen LogP contribution < -0.4 is 14.8 Å². The van der Waals surface area contributed by atoms with Crippen molar-refractivity contribution in [3.63, 3.8) is 0 Å². The summed E-state index contributed by atoms with van der Waals surface area (Å²) in [5.74, 6) is 0.931. The fourth-order valence-corrected chi connectivity index (χ4v) is 2.66. The standard InChI is InChI=1S/C20H20FN3O3/c1-24-11-10-22-20(24)19(14-6-8-16(26-2)9-7-14)23-18(25)13-27-17-5-3-4-15(21)12-17/h3-12,19H,13H2,1-2H3,(H,23,25). The van der Waals surface area contributed by atoms with Gasteiger partial charge in [-0.05, 0) is 29.8 Å². The number of carbonyl (C=O) groups excluding carboxylic acids is 1. The van der Waals surface area contributed by atoms with Crippen LogP contribution in [0.4, 0.5) is 4.39 Å². The molecule has 1 atom stereocenters. The molecule has 0 saturated heterocycles. The molecule has 0 radical (unpaired) electrons. The predicted octanol–water partition coefficient (Wildman–Crippen LogP) is 2.85. The summed E-state index contributed by atoms with van der Waals surface area (Å²) in [6.07, 6.45) is 3.47. The Labute approximate surface area is 156 Å². The van der Waals surface area contributed by atoms with E-state index < -0.39 is 11.9 Å². The molecule has 0 aliphatic rings. The molecule has 2 aromatic carbocycles. The van der Waals surface area contributed by atoms with Gasteiger partial charge in [-0.2, -0.15) is 0 Å². The highest BCUT2D eigenvalue weighted by molar-refractivity contribution is 5.78. The van der Waals surface area contributed by atoms with Gasteiger partial charge in [0, 0.05) is 25.5 Å². The molecule has 140 valence electrons. The van der Waals surface area contributed by atoms with Gasteiger partial charge in [-0.3, -0.25) is 4.79 Å². The highest BCUT2D eigenvalue weighted by Gasteiger charge is 2.21. The van der Waals surface area contributed by atoms with E-state index in [1.165, 1.54) is 18.2 Å². The van der Waals surface area contributed by atoms with Gasteiger partial charge in [0.1, 0.15) is 29.2 Å². The quantitative estimate of drug-likeness (QED) is 0.696. The molecule has 3 rings (SSSR count). The molecule has 0 fully saturated rings. The van der Waals surface area contributed by atoms with Gasteiger partial charge in [-0.15, -0.1) is 0 Å². The first-order valence-corrected chi connectivity index (χ1v) is 8.35. The molecule has 1 aromatic heterocycles. The van der Waals surface area contributed by atoms with Crippen molar-refractivity contribution in [3.05, 3.63) is 78.1 Å². The number of methoxy groups -OCH3 is 1. The Morgan fingerprint density at radius 3 is 2.63 bits per heavy atom. The van der Waals surface area contributed by atoms with Crippen molar-refractivity contribution in [1.82, 2.24) is 14.9 Å². The molecule has 1 heterocycles. The maximum Gasteiger partial charge on any atom is 0.258 e. The molecular weight excluding hydrogens is 349 g/mol. The predicted molar refractivity (Wildman–Crippen MR) is 98.1 cm³/mol. The maximum atomic E-state index is 13.2. The normalized spacial score (nSPS) is 11.7. The number of amides is 1. The second-order valence-electron chi connectivity index (χ2n) is 5.92. The minimum absolute atomic E-state index is 0.236. The molecule has 1 N–H and O–H groups in total. The summed E-state index contributed by atoms with van der Waals surface area (Å²) in [6, 6.07) is 12.6. The van der Waals surface area contributed by atoms with Crippen LogP contribution in [0.25, 0.3) is 0 Å². The summed E-state index contributed by atoms with van der Waals surface area (Å²) in [6.45, 7) is -0.236. The van der Waals surface area contributed by atoms with E-state index in [0.717, 1.165) is 11.3 Å². The first-order valence-electron chi connectivity index (χ1n) is 8.35. The number of imidazole rings is 1. The zero-order valence-electron chi connectivity index (χ0n) is 15.1. The Balaban J connectivity index is 1.74. The van der Waals surface area contributed by atoms with Crippen molar-refractivity contribution in [2.45, 2.75) is 6.04 Å². The minimum Gasteiger partial charge on any atom is -0.497 e. The molecule has 0 saturated carbocycles. The third kappa shape index (κ3) is 4.63. The van der Waals surface area contributed by atoms with E-state index in [-0.39, 0.29) is 12.5 Å². The summed E-state index contributed by atoms with van der Waals surface area (Å²) in [5, 5.41) is 2.92. The van der Waals surface area contributed by atoms with E-state index in [2.05, 4.69) is 10.3 Å². The average molecular weight is 369 g/mol. The summed E-state index contributed by atoms with van der Waals surface area (Å²) >= 11 is 0. The van der Waals surface area contributed by atoms with Crippen LogP contribution in [0.3, 0.4) is 0 Å². The molecule has 1 amide bonds. The van der Waals surface area contributed by atoms with Crippen LogP contribution in [0, 0.1) is 5.82 Å². The van der Waals surface area contributed by atoms with Crippen LogP contribution >= 0.6 is 0 Å². The van der Waals surface area contributed by atoms with Gasteiger partial charge in [-0.1, -0.05) is 18.2 Å².